The summed E-state index contributed by atoms with van der Waals surface area (Å²) in [5.74, 6) is -1.07. The Bertz CT molecular complexity index is 462. The first-order valence-electron chi connectivity index (χ1n) is 6.81. The van der Waals surface area contributed by atoms with Crippen molar-refractivity contribution in [2.24, 2.45) is 5.92 Å². The summed E-state index contributed by atoms with van der Waals surface area (Å²) >= 11 is 5.86. The van der Waals surface area contributed by atoms with Crippen LogP contribution >= 0.6 is 11.6 Å². The molecular formula is C16H23ClO3. The van der Waals surface area contributed by atoms with Crippen LogP contribution in [-0.4, -0.2) is 16.7 Å². The van der Waals surface area contributed by atoms with Crippen molar-refractivity contribution in [3.8, 4) is 0 Å². The Morgan fingerprint density at radius 2 is 1.80 bits per heavy atom. The van der Waals surface area contributed by atoms with E-state index >= 15 is 0 Å². The lowest BCUT2D eigenvalue weighted by Gasteiger charge is -2.34. The minimum absolute atomic E-state index is 0.406. The number of esters is 1. The molecule has 2 unspecified atom stereocenters. The van der Waals surface area contributed by atoms with Crippen LogP contribution in [0.5, 0.6) is 0 Å². The predicted octanol–water partition coefficient (Wildman–Crippen LogP) is 3.92. The van der Waals surface area contributed by atoms with Crippen molar-refractivity contribution in [2.45, 2.75) is 52.2 Å². The molecule has 0 aliphatic heterocycles. The van der Waals surface area contributed by atoms with E-state index in [1.807, 2.05) is 27.7 Å². The molecule has 2 atom stereocenters. The second-order valence-electron chi connectivity index (χ2n) is 6.04. The molecule has 0 radical (unpaired) electrons. The molecular weight excluding hydrogens is 276 g/mol. The molecule has 4 heteroatoms. The molecule has 1 aromatic carbocycles. The summed E-state index contributed by atoms with van der Waals surface area (Å²) in [4.78, 5) is 12.2. The van der Waals surface area contributed by atoms with Crippen LogP contribution in [0.25, 0.3) is 0 Å². The molecule has 112 valence electrons. The van der Waals surface area contributed by atoms with Gasteiger partial charge < -0.3 is 9.84 Å². The average molecular weight is 299 g/mol. The van der Waals surface area contributed by atoms with Crippen LogP contribution in [0.15, 0.2) is 24.3 Å². The van der Waals surface area contributed by atoms with Gasteiger partial charge >= 0.3 is 5.97 Å². The molecule has 3 nitrogen and oxygen atoms in total. The normalized spacial score (nSPS) is 16.4. The van der Waals surface area contributed by atoms with Gasteiger partial charge in [0.1, 0.15) is 11.2 Å². The number of hydrogen-bond acceptors (Lipinski definition) is 3. The molecule has 0 amide bonds. The number of rotatable bonds is 4. The zero-order chi connectivity index (χ0) is 15.6. The van der Waals surface area contributed by atoms with Gasteiger partial charge in [0.2, 0.25) is 0 Å². The lowest BCUT2D eigenvalue weighted by molar-refractivity contribution is -0.170. The van der Waals surface area contributed by atoms with Crippen molar-refractivity contribution in [1.29, 1.82) is 0 Å². The minimum Gasteiger partial charge on any atom is -0.460 e. The van der Waals surface area contributed by atoms with E-state index in [4.69, 9.17) is 16.3 Å². The number of aliphatic hydroxyl groups is 1. The summed E-state index contributed by atoms with van der Waals surface area (Å²) in [5, 5.41) is 11.5. The van der Waals surface area contributed by atoms with E-state index in [2.05, 4.69) is 0 Å². The van der Waals surface area contributed by atoms with Crippen LogP contribution in [0, 0.1) is 5.92 Å². The SMILES string of the molecule is CCC(O)(c1ccc(Cl)cc1)C(C)C(=O)OC(C)(C)C. The molecule has 20 heavy (non-hydrogen) atoms. The monoisotopic (exact) mass is 298 g/mol. The van der Waals surface area contributed by atoms with Crippen LogP contribution in [0.4, 0.5) is 0 Å². The molecule has 0 aromatic heterocycles. The van der Waals surface area contributed by atoms with Crippen molar-refractivity contribution >= 4 is 17.6 Å². The Balaban J connectivity index is 3.04. The maximum Gasteiger partial charge on any atom is 0.312 e. The zero-order valence-corrected chi connectivity index (χ0v) is 13.5. The van der Waals surface area contributed by atoms with E-state index in [-0.39, 0.29) is 0 Å². The number of ether oxygens (including phenoxy) is 1. The molecule has 1 N–H and O–H groups in total. The summed E-state index contributed by atoms with van der Waals surface area (Å²) in [5.41, 5.74) is -1.16. The summed E-state index contributed by atoms with van der Waals surface area (Å²) in [6.45, 7) is 8.96. The van der Waals surface area contributed by atoms with Crippen LogP contribution in [0.2, 0.25) is 5.02 Å². The fraction of sp³-hybridized carbons (Fsp3) is 0.562. The van der Waals surface area contributed by atoms with E-state index < -0.39 is 23.1 Å². The number of carbonyl (C=O) groups excluding carboxylic acids is 1. The van der Waals surface area contributed by atoms with E-state index in [9.17, 15) is 9.90 Å². The van der Waals surface area contributed by atoms with Crippen LogP contribution in [0.3, 0.4) is 0 Å². The molecule has 0 aliphatic carbocycles. The molecule has 0 heterocycles. The van der Waals surface area contributed by atoms with Gasteiger partial charge in [0.15, 0.2) is 0 Å². The highest BCUT2D eigenvalue weighted by atomic mass is 35.5. The third kappa shape index (κ3) is 3.97. The Hall–Kier alpha value is -1.06. The van der Waals surface area contributed by atoms with Gasteiger partial charge in [0.25, 0.3) is 0 Å². The van der Waals surface area contributed by atoms with Crippen LogP contribution < -0.4 is 0 Å². The van der Waals surface area contributed by atoms with Crippen molar-refractivity contribution < 1.29 is 14.6 Å². The van der Waals surface area contributed by atoms with Gasteiger partial charge in [-0.05, 0) is 51.8 Å². The lowest BCUT2D eigenvalue weighted by atomic mass is 9.80. The Kier molecular flexibility index (Phi) is 5.22. The van der Waals surface area contributed by atoms with Crippen LogP contribution in [0.1, 0.15) is 46.6 Å². The zero-order valence-electron chi connectivity index (χ0n) is 12.7. The molecule has 0 saturated carbocycles. The Morgan fingerprint density at radius 3 is 2.20 bits per heavy atom. The first-order chi connectivity index (χ1) is 9.10. The lowest BCUT2D eigenvalue weighted by Crippen LogP contribution is -2.41. The molecule has 1 rings (SSSR count). The smallest absolute Gasteiger partial charge is 0.312 e. The highest BCUT2D eigenvalue weighted by Gasteiger charge is 2.40. The quantitative estimate of drug-likeness (QED) is 0.857. The average Bonchev–Trinajstić information content (AvgIpc) is 2.35. The second kappa shape index (κ2) is 6.15. The fourth-order valence-corrected chi connectivity index (χ4v) is 2.21. The van der Waals surface area contributed by atoms with Gasteiger partial charge in [-0.1, -0.05) is 30.7 Å². The van der Waals surface area contributed by atoms with E-state index in [0.717, 1.165) is 0 Å². The van der Waals surface area contributed by atoms with E-state index in [0.29, 0.717) is 17.0 Å². The highest BCUT2D eigenvalue weighted by Crippen LogP contribution is 2.35. The minimum atomic E-state index is -1.26. The van der Waals surface area contributed by atoms with E-state index in [1.165, 1.54) is 0 Å². The third-order valence-corrected chi connectivity index (χ3v) is 3.61. The van der Waals surface area contributed by atoms with Crippen LogP contribution in [-0.2, 0) is 15.1 Å². The summed E-state index contributed by atoms with van der Waals surface area (Å²) in [6, 6.07) is 6.90. The van der Waals surface area contributed by atoms with Gasteiger partial charge in [-0.2, -0.15) is 0 Å². The fourth-order valence-electron chi connectivity index (χ4n) is 2.08. The first-order valence-corrected chi connectivity index (χ1v) is 7.19. The number of benzene rings is 1. The van der Waals surface area contributed by atoms with Crippen molar-refractivity contribution in [3.05, 3.63) is 34.9 Å². The largest absolute Gasteiger partial charge is 0.460 e. The van der Waals surface area contributed by atoms with Crippen molar-refractivity contribution in [1.82, 2.24) is 0 Å². The molecule has 0 spiro atoms. The Morgan fingerprint density at radius 1 is 1.30 bits per heavy atom. The summed E-state index contributed by atoms with van der Waals surface area (Å²) in [7, 11) is 0. The van der Waals surface area contributed by atoms with Gasteiger partial charge in [-0.15, -0.1) is 0 Å². The maximum absolute atomic E-state index is 12.2. The van der Waals surface area contributed by atoms with Crippen molar-refractivity contribution in [2.75, 3.05) is 0 Å². The number of carbonyl (C=O) groups is 1. The topological polar surface area (TPSA) is 46.5 Å². The van der Waals surface area contributed by atoms with Gasteiger partial charge in [-0.3, -0.25) is 4.79 Å². The number of hydrogen-bond donors (Lipinski definition) is 1. The Labute approximate surface area is 125 Å². The second-order valence-corrected chi connectivity index (χ2v) is 6.48. The standard InChI is InChI=1S/C16H23ClO3/c1-6-16(19,12-7-9-13(17)10-8-12)11(2)14(18)20-15(3,4)5/h7-11,19H,6H2,1-5H3. The van der Waals surface area contributed by atoms with Gasteiger partial charge in [0.05, 0.1) is 5.92 Å². The third-order valence-electron chi connectivity index (χ3n) is 3.36. The molecule has 1 aromatic rings. The highest BCUT2D eigenvalue weighted by molar-refractivity contribution is 6.30. The molecule has 0 bridgehead atoms. The van der Waals surface area contributed by atoms with E-state index in [1.54, 1.807) is 31.2 Å². The predicted molar refractivity (Wildman–Crippen MR) is 80.6 cm³/mol. The summed E-state index contributed by atoms with van der Waals surface area (Å²) in [6.07, 6.45) is 0.412. The van der Waals surface area contributed by atoms with Gasteiger partial charge in [-0.25, -0.2) is 0 Å². The first kappa shape index (κ1) is 17.0. The van der Waals surface area contributed by atoms with Gasteiger partial charge in [0, 0.05) is 5.02 Å². The molecule has 0 aliphatic rings. The maximum atomic E-state index is 12.2. The number of halogens is 1. The summed E-state index contributed by atoms with van der Waals surface area (Å²) < 4.78 is 5.37. The van der Waals surface area contributed by atoms with Crippen molar-refractivity contribution in [3.63, 3.8) is 0 Å². The molecule has 0 saturated heterocycles. The molecule has 0 fully saturated rings.